The van der Waals surface area contributed by atoms with E-state index in [1.54, 1.807) is 12.3 Å². The number of hydrogen-bond donors (Lipinski definition) is 1. The summed E-state index contributed by atoms with van der Waals surface area (Å²) in [6.07, 6.45) is 10.9. The summed E-state index contributed by atoms with van der Waals surface area (Å²) in [5.41, 5.74) is 6.08. The van der Waals surface area contributed by atoms with Crippen molar-refractivity contribution in [2.45, 2.75) is 67.2 Å². The molecular formula is C28H35NO2. The Hall–Kier alpha value is -2.94. The normalized spacial score (nSPS) is 12.4. The highest BCUT2D eigenvalue weighted by atomic mass is 16.1. The van der Waals surface area contributed by atoms with E-state index >= 15 is 0 Å². The third-order valence-corrected chi connectivity index (χ3v) is 5.27. The molecule has 0 saturated heterocycles. The largest absolute Gasteiger partial charge is 0.360 e. The summed E-state index contributed by atoms with van der Waals surface area (Å²) < 4.78 is 0. The number of fused-ring (bicyclic) bond motifs is 1. The number of aromatic amines is 1. The fraction of sp³-hybridized carbons (Fsp3) is 0.357. The van der Waals surface area contributed by atoms with Gasteiger partial charge in [0.05, 0.1) is 5.57 Å². The Kier molecular flexibility index (Phi) is 8.99. The maximum Gasteiger partial charge on any atom is 0.199 e. The summed E-state index contributed by atoms with van der Waals surface area (Å²) in [5, 5.41) is 0.846. The quantitative estimate of drug-likeness (QED) is 0.142. The Balaban J connectivity index is 2.40. The number of Topliss-reactive ketones (excluding diaryl/α,β-unsaturated/α-hetero) is 1. The van der Waals surface area contributed by atoms with Crippen LogP contribution in [0.1, 0.15) is 77.6 Å². The zero-order valence-electron chi connectivity index (χ0n) is 19.8. The van der Waals surface area contributed by atoms with Gasteiger partial charge in [0, 0.05) is 22.7 Å². The van der Waals surface area contributed by atoms with Crippen LogP contribution in [0.4, 0.5) is 0 Å². The molecule has 0 amide bonds. The molecule has 3 nitrogen and oxygen atoms in total. The van der Waals surface area contributed by atoms with Gasteiger partial charge in [-0.1, -0.05) is 52.6 Å². The molecule has 0 aliphatic carbocycles. The Morgan fingerprint density at radius 3 is 2.13 bits per heavy atom. The molecule has 0 aliphatic heterocycles. The van der Waals surface area contributed by atoms with Gasteiger partial charge in [0.2, 0.25) is 0 Å². The van der Waals surface area contributed by atoms with Crippen molar-refractivity contribution in [3.05, 3.63) is 82.1 Å². The molecule has 1 aromatic heterocycles. The van der Waals surface area contributed by atoms with Crippen molar-refractivity contribution in [2.75, 3.05) is 0 Å². The SMILES string of the molecule is CC(C)=CCC/C(C)=C/C(=O)/C(C(=O)c1c[nH]c2ccccc12)=C(/C)CCC=C(C)C. The third kappa shape index (κ3) is 7.06. The van der Waals surface area contributed by atoms with Crippen LogP contribution in [0, 0.1) is 0 Å². The van der Waals surface area contributed by atoms with Gasteiger partial charge in [-0.2, -0.15) is 0 Å². The van der Waals surface area contributed by atoms with E-state index in [1.807, 2.05) is 38.1 Å². The minimum absolute atomic E-state index is 0.195. The van der Waals surface area contributed by atoms with E-state index in [4.69, 9.17) is 0 Å². The van der Waals surface area contributed by atoms with Crippen LogP contribution in [0.5, 0.6) is 0 Å². The molecule has 0 atom stereocenters. The molecule has 0 bridgehead atoms. The summed E-state index contributed by atoms with van der Waals surface area (Å²) >= 11 is 0. The molecule has 1 heterocycles. The molecule has 2 aromatic rings. The van der Waals surface area contributed by atoms with Gasteiger partial charge in [0.15, 0.2) is 11.6 Å². The molecule has 0 fully saturated rings. The molecule has 3 heteroatoms. The number of ketones is 2. The van der Waals surface area contributed by atoms with E-state index in [-0.39, 0.29) is 11.6 Å². The van der Waals surface area contributed by atoms with Crippen molar-refractivity contribution in [3.8, 4) is 0 Å². The lowest BCUT2D eigenvalue weighted by Gasteiger charge is -2.10. The van der Waals surface area contributed by atoms with Gasteiger partial charge in [-0.05, 0) is 79.4 Å². The van der Waals surface area contributed by atoms with Gasteiger partial charge in [-0.3, -0.25) is 9.59 Å². The number of hydrogen-bond acceptors (Lipinski definition) is 2. The number of rotatable bonds is 10. The topological polar surface area (TPSA) is 49.9 Å². The van der Waals surface area contributed by atoms with Crippen LogP contribution < -0.4 is 0 Å². The fourth-order valence-electron chi connectivity index (χ4n) is 3.57. The molecule has 0 saturated carbocycles. The van der Waals surface area contributed by atoms with Gasteiger partial charge < -0.3 is 4.98 Å². The minimum Gasteiger partial charge on any atom is -0.360 e. The Morgan fingerprint density at radius 2 is 1.48 bits per heavy atom. The van der Waals surface area contributed by atoms with Gasteiger partial charge >= 0.3 is 0 Å². The number of aromatic nitrogens is 1. The summed E-state index contributed by atoms with van der Waals surface area (Å²) in [5.74, 6) is -0.398. The lowest BCUT2D eigenvalue weighted by atomic mass is 9.92. The van der Waals surface area contributed by atoms with Crippen LogP contribution in [0.2, 0.25) is 0 Å². The average Bonchev–Trinajstić information content (AvgIpc) is 3.11. The zero-order chi connectivity index (χ0) is 23.0. The van der Waals surface area contributed by atoms with Crippen LogP contribution in [-0.4, -0.2) is 16.6 Å². The number of para-hydroxylation sites is 1. The van der Waals surface area contributed by atoms with Crippen molar-refractivity contribution < 1.29 is 9.59 Å². The maximum absolute atomic E-state index is 13.5. The molecule has 0 aliphatic rings. The molecule has 31 heavy (non-hydrogen) atoms. The van der Waals surface area contributed by atoms with Gasteiger partial charge in [0.25, 0.3) is 0 Å². The molecule has 0 unspecified atom stereocenters. The van der Waals surface area contributed by atoms with Crippen LogP contribution >= 0.6 is 0 Å². The van der Waals surface area contributed by atoms with E-state index < -0.39 is 0 Å². The van der Waals surface area contributed by atoms with Crippen LogP contribution in [-0.2, 0) is 4.79 Å². The lowest BCUT2D eigenvalue weighted by molar-refractivity contribution is -0.111. The van der Waals surface area contributed by atoms with Crippen LogP contribution in [0.25, 0.3) is 10.9 Å². The zero-order valence-corrected chi connectivity index (χ0v) is 19.8. The summed E-state index contributed by atoms with van der Waals surface area (Å²) in [6, 6.07) is 7.69. The number of carbonyl (C=O) groups excluding carboxylic acids is 2. The van der Waals surface area contributed by atoms with E-state index in [2.05, 4.69) is 44.8 Å². The molecule has 0 radical (unpaired) electrons. The maximum atomic E-state index is 13.5. The Labute approximate surface area is 186 Å². The third-order valence-electron chi connectivity index (χ3n) is 5.27. The second-order valence-electron chi connectivity index (χ2n) is 8.73. The number of allylic oxidation sites excluding steroid dienone is 8. The average molecular weight is 418 g/mol. The number of H-pyrrole nitrogens is 1. The van der Waals surface area contributed by atoms with Crippen molar-refractivity contribution in [1.82, 2.24) is 4.98 Å². The van der Waals surface area contributed by atoms with E-state index in [9.17, 15) is 9.59 Å². The summed E-state index contributed by atoms with van der Waals surface area (Å²) in [4.78, 5) is 30.0. The highest BCUT2D eigenvalue weighted by Crippen LogP contribution is 2.25. The molecule has 164 valence electrons. The van der Waals surface area contributed by atoms with Crippen LogP contribution in [0.3, 0.4) is 0 Å². The highest BCUT2D eigenvalue weighted by molar-refractivity contribution is 6.32. The molecule has 0 spiro atoms. The standard InChI is InChI=1S/C28H35NO2/c1-19(2)11-9-13-21(5)17-26(30)27(22(6)14-10-12-20(3)4)28(31)24-18-29-25-16-8-7-15-23(24)25/h7-8,11-12,15-18,29H,9-10,13-14H2,1-6H3/b21-17+,27-22+. The first-order valence-electron chi connectivity index (χ1n) is 11.0. The van der Waals surface area contributed by atoms with Crippen molar-refractivity contribution >= 4 is 22.5 Å². The fourth-order valence-corrected chi connectivity index (χ4v) is 3.57. The lowest BCUT2D eigenvalue weighted by Crippen LogP contribution is -2.14. The van der Waals surface area contributed by atoms with Crippen molar-refractivity contribution in [1.29, 1.82) is 0 Å². The monoisotopic (exact) mass is 417 g/mol. The second kappa shape index (κ2) is 11.5. The van der Waals surface area contributed by atoms with E-state index in [1.165, 1.54) is 11.1 Å². The van der Waals surface area contributed by atoms with Gasteiger partial charge in [-0.25, -0.2) is 0 Å². The minimum atomic E-state index is -0.203. The van der Waals surface area contributed by atoms with E-state index in [0.29, 0.717) is 17.6 Å². The van der Waals surface area contributed by atoms with Crippen molar-refractivity contribution in [2.24, 2.45) is 0 Å². The van der Waals surface area contributed by atoms with Gasteiger partial charge in [-0.15, -0.1) is 0 Å². The molecule has 1 N–H and O–H groups in total. The predicted molar refractivity (Wildman–Crippen MR) is 131 cm³/mol. The first-order valence-corrected chi connectivity index (χ1v) is 11.0. The van der Waals surface area contributed by atoms with Crippen molar-refractivity contribution in [3.63, 3.8) is 0 Å². The molecule has 2 rings (SSSR count). The highest BCUT2D eigenvalue weighted by Gasteiger charge is 2.23. The van der Waals surface area contributed by atoms with Gasteiger partial charge in [0.1, 0.15) is 0 Å². The first kappa shape index (κ1) is 24.3. The Bertz CT molecular complexity index is 1070. The van der Waals surface area contributed by atoms with Crippen LogP contribution in [0.15, 0.2) is 76.6 Å². The summed E-state index contributed by atoms with van der Waals surface area (Å²) in [7, 11) is 0. The van der Waals surface area contributed by atoms with E-state index in [0.717, 1.165) is 41.3 Å². The second-order valence-corrected chi connectivity index (χ2v) is 8.73. The number of benzene rings is 1. The number of nitrogens with one attached hydrogen (secondary N) is 1. The Morgan fingerprint density at radius 1 is 0.871 bits per heavy atom. The smallest absolute Gasteiger partial charge is 0.199 e. The number of carbonyl (C=O) groups is 2. The molecular weight excluding hydrogens is 382 g/mol. The molecule has 1 aromatic carbocycles. The summed E-state index contributed by atoms with van der Waals surface area (Å²) in [6.45, 7) is 12.1. The predicted octanol–water partition coefficient (Wildman–Crippen LogP) is 7.68. The first-order chi connectivity index (χ1) is 14.7.